The van der Waals surface area contributed by atoms with Gasteiger partial charge in [-0.3, -0.25) is 0 Å². The van der Waals surface area contributed by atoms with Crippen LogP contribution in [0.1, 0.15) is 29.7 Å². The number of rotatable bonds is 5. The van der Waals surface area contributed by atoms with Gasteiger partial charge in [0.2, 0.25) is 0 Å². The summed E-state index contributed by atoms with van der Waals surface area (Å²) in [5.74, 6) is 0. The fourth-order valence-electron chi connectivity index (χ4n) is 1.89. The lowest BCUT2D eigenvalue weighted by Gasteiger charge is -2.14. The molecule has 0 spiro atoms. The molecule has 0 bridgehead atoms. The van der Waals surface area contributed by atoms with E-state index < -0.39 is 0 Å². The second kappa shape index (κ2) is 6.34. The van der Waals surface area contributed by atoms with E-state index in [2.05, 4.69) is 48.6 Å². The Kier molecular flexibility index (Phi) is 4.51. The molecule has 0 heterocycles. The number of nitrogens with one attached hydrogen (secondary N) is 1. The smallest absolute Gasteiger partial charge is 0.0681 e. The Labute approximate surface area is 108 Å². The average Bonchev–Trinajstić information content (AvgIpc) is 2.46. The van der Waals surface area contributed by atoms with E-state index in [1.807, 2.05) is 18.2 Å². The summed E-state index contributed by atoms with van der Waals surface area (Å²) in [5.41, 5.74) is 3.48. The Morgan fingerprint density at radius 1 is 0.944 bits per heavy atom. The largest absolute Gasteiger partial charge is 0.392 e. The van der Waals surface area contributed by atoms with Crippen LogP contribution < -0.4 is 5.32 Å². The van der Waals surface area contributed by atoms with E-state index in [4.69, 9.17) is 5.11 Å². The Morgan fingerprint density at radius 3 is 2.17 bits per heavy atom. The third kappa shape index (κ3) is 3.42. The lowest BCUT2D eigenvalue weighted by molar-refractivity contribution is 0.282. The highest BCUT2D eigenvalue weighted by molar-refractivity contribution is 5.23. The standard InChI is InChI=1S/C16H19NO/c1-13(16-5-3-2-4-6-16)17-11-14-7-9-15(12-18)10-8-14/h2-10,13,17-18H,11-12H2,1H3/t13-/m0/s1. The molecule has 0 saturated heterocycles. The number of benzene rings is 2. The lowest BCUT2D eigenvalue weighted by atomic mass is 10.1. The van der Waals surface area contributed by atoms with Crippen LogP contribution >= 0.6 is 0 Å². The molecule has 18 heavy (non-hydrogen) atoms. The Hall–Kier alpha value is -1.64. The molecule has 0 aliphatic carbocycles. The predicted molar refractivity (Wildman–Crippen MR) is 74.1 cm³/mol. The van der Waals surface area contributed by atoms with Crippen LogP contribution in [0, 0.1) is 0 Å². The normalized spacial score (nSPS) is 12.3. The molecule has 2 N–H and O–H groups in total. The monoisotopic (exact) mass is 241 g/mol. The average molecular weight is 241 g/mol. The molecule has 0 fully saturated rings. The highest BCUT2D eigenvalue weighted by Crippen LogP contribution is 2.12. The van der Waals surface area contributed by atoms with Crippen LogP contribution in [-0.2, 0) is 13.2 Å². The summed E-state index contributed by atoms with van der Waals surface area (Å²) in [5, 5.41) is 12.5. The second-order valence-electron chi connectivity index (χ2n) is 4.49. The van der Waals surface area contributed by atoms with Crippen molar-refractivity contribution in [3.05, 3.63) is 71.3 Å². The van der Waals surface area contributed by atoms with E-state index in [1.54, 1.807) is 0 Å². The molecule has 0 unspecified atom stereocenters. The molecule has 2 rings (SSSR count). The van der Waals surface area contributed by atoms with Gasteiger partial charge in [-0.1, -0.05) is 54.6 Å². The molecule has 0 radical (unpaired) electrons. The predicted octanol–water partition coefficient (Wildman–Crippen LogP) is 3.03. The van der Waals surface area contributed by atoms with Crippen LogP contribution in [0.3, 0.4) is 0 Å². The van der Waals surface area contributed by atoms with E-state index in [1.165, 1.54) is 11.1 Å². The maximum atomic E-state index is 8.98. The van der Waals surface area contributed by atoms with Crippen LogP contribution in [0.5, 0.6) is 0 Å². The topological polar surface area (TPSA) is 32.3 Å². The fraction of sp³-hybridized carbons (Fsp3) is 0.250. The molecule has 2 heteroatoms. The number of hydrogen-bond donors (Lipinski definition) is 2. The molecule has 0 saturated carbocycles. The minimum absolute atomic E-state index is 0.105. The van der Waals surface area contributed by atoms with Gasteiger partial charge in [-0.15, -0.1) is 0 Å². The van der Waals surface area contributed by atoms with E-state index in [9.17, 15) is 0 Å². The molecule has 2 nitrogen and oxygen atoms in total. The summed E-state index contributed by atoms with van der Waals surface area (Å²) in [4.78, 5) is 0. The molecule has 0 aliphatic heterocycles. The van der Waals surface area contributed by atoms with Crippen molar-refractivity contribution in [1.29, 1.82) is 0 Å². The molecule has 2 aromatic carbocycles. The molecule has 0 amide bonds. The van der Waals surface area contributed by atoms with E-state index in [0.29, 0.717) is 6.04 Å². The summed E-state index contributed by atoms with van der Waals surface area (Å²) in [6.45, 7) is 3.10. The van der Waals surface area contributed by atoms with Gasteiger partial charge < -0.3 is 10.4 Å². The Morgan fingerprint density at radius 2 is 1.56 bits per heavy atom. The maximum absolute atomic E-state index is 8.98. The lowest BCUT2D eigenvalue weighted by Crippen LogP contribution is -2.17. The van der Waals surface area contributed by atoms with Gasteiger partial charge in [0, 0.05) is 12.6 Å². The van der Waals surface area contributed by atoms with Crippen molar-refractivity contribution in [1.82, 2.24) is 5.32 Å². The summed E-state index contributed by atoms with van der Waals surface area (Å²) in [7, 11) is 0. The van der Waals surface area contributed by atoms with Crippen LogP contribution in [0.4, 0.5) is 0 Å². The van der Waals surface area contributed by atoms with Crippen molar-refractivity contribution < 1.29 is 5.11 Å². The Balaban J connectivity index is 1.91. The fourth-order valence-corrected chi connectivity index (χ4v) is 1.89. The van der Waals surface area contributed by atoms with Crippen LogP contribution in [0.2, 0.25) is 0 Å². The molecule has 0 aliphatic rings. The van der Waals surface area contributed by atoms with Crippen molar-refractivity contribution >= 4 is 0 Å². The molecule has 94 valence electrons. The van der Waals surface area contributed by atoms with Gasteiger partial charge in [0.05, 0.1) is 6.61 Å². The maximum Gasteiger partial charge on any atom is 0.0681 e. The first-order chi connectivity index (χ1) is 8.79. The summed E-state index contributed by atoms with van der Waals surface area (Å²) < 4.78 is 0. The zero-order chi connectivity index (χ0) is 12.8. The van der Waals surface area contributed by atoms with Crippen molar-refractivity contribution in [3.63, 3.8) is 0 Å². The first kappa shape index (κ1) is 12.8. The molecular formula is C16H19NO. The van der Waals surface area contributed by atoms with Crippen LogP contribution in [-0.4, -0.2) is 5.11 Å². The van der Waals surface area contributed by atoms with Gasteiger partial charge in [0.15, 0.2) is 0 Å². The summed E-state index contributed by atoms with van der Waals surface area (Å²) >= 11 is 0. The molecule has 1 atom stereocenters. The second-order valence-corrected chi connectivity index (χ2v) is 4.49. The third-order valence-corrected chi connectivity index (χ3v) is 3.12. The Bertz CT molecular complexity index is 464. The van der Waals surface area contributed by atoms with Crippen molar-refractivity contribution in [2.75, 3.05) is 0 Å². The minimum Gasteiger partial charge on any atom is -0.392 e. The number of aliphatic hydroxyl groups is 1. The molecule has 2 aromatic rings. The van der Waals surface area contributed by atoms with Gasteiger partial charge in [-0.05, 0) is 23.6 Å². The quantitative estimate of drug-likeness (QED) is 0.843. The van der Waals surface area contributed by atoms with E-state index >= 15 is 0 Å². The first-order valence-electron chi connectivity index (χ1n) is 6.26. The minimum atomic E-state index is 0.105. The van der Waals surface area contributed by atoms with Gasteiger partial charge in [0.1, 0.15) is 0 Å². The summed E-state index contributed by atoms with van der Waals surface area (Å²) in [6.07, 6.45) is 0. The summed E-state index contributed by atoms with van der Waals surface area (Å²) in [6, 6.07) is 18.8. The first-order valence-corrected chi connectivity index (χ1v) is 6.26. The van der Waals surface area contributed by atoms with Gasteiger partial charge in [-0.25, -0.2) is 0 Å². The third-order valence-electron chi connectivity index (χ3n) is 3.12. The zero-order valence-electron chi connectivity index (χ0n) is 10.6. The molecular weight excluding hydrogens is 222 g/mol. The highest BCUT2D eigenvalue weighted by Gasteiger charge is 2.03. The zero-order valence-corrected chi connectivity index (χ0v) is 10.6. The number of hydrogen-bond acceptors (Lipinski definition) is 2. The van der Waals surface area contributed by atoms with Crippen LogP contribution in [0.25, 0.3) is 0 Å². The molecule has 0 aromatic heterocycles. The van der Waals surface area contributed by atoms with Gasteiger partial charge >= 0.3 is 0 Å². The van der Waals surface area contributed by atoms with E-state index in [-0.39, 0.29) is 6.61 Å². The van der Waals surface area contributed by atoms with E-state index in [0.717, 1.165) is 12.1 Å². The van der Waals surface area contributed by atoms with Crippen LogP contribution in [0.15, 0.2) is 54.6 Å². The van der Waals surface area contributed by atoms with Crippen molar-refractivity contribution in [3.8, 4) is 0 Å². The van der Waals surface area contributed by atoms with Gasteiger partial charge in [-0.2, -0.15) is 0 Å². The van der Waals surface area contributed by atoms with Crippen molar-refractivity contribution in [2.45, 2.75) is 26.1 Å². The van der Waals surface area contributed by atoms with Gasteiger partial charge in [0.25, 0.3) is 0 Å². The number of aliphatic hydroxyl groups excluding tert-OH is 1. The SMILES string of the molecule is C[C@H](NCc1ccc(CO)cc1)c1ccccc1. The van der Waals surface area contributed by atoms with Crippen molar-refractivity contribution in [2.24, 2.45) is 0 Å². The highest BCUT2D eigenvalue weighted by atomic mass is 16.3.